The third kappa shape index (κ3) is 3.47. The number of nitrogens with one attached hydrogen (secondary N) is 1. The van der Waals surface area contributed by atoms with Crippen molar-refractivity contribution in [3.05, 3.63) is 48.3 Å². The maximum atomic E-state index is 13.5. The van der Waals surface area contributed by atoms with Crippen LogP contribution in [-0.2, 0) is 6.54 Å². The average molecular weight is 303 g/mol. The minimum atomic E-state index is -0.243. The molecule has 1 aliphatic rings. The van der Waals surface area contributed by atoms with Crippen molar-refractivity contribution in [3.8, 4) is 5.75 Å². The number of ether oxygens (including phenoxy) is 1. The number of halogens is 1. The van der Waals surface area contributed by atoms with Crippen molar-refractivity contribution in [3.63, 3.8) is 0 Å². The third-order valence-electron chi connectivity index (χ3n) is 3.97. The molecule has 0 radical (unpaired) electrons. The van der Waals surface area contributed by atoms with Crippen LogP contribution in [0.25, 0.3) is 0 Å². The number of aromatic nitrogens is 2. The van der Waals surface area contributed by atoms with E-state index in [-0.39, 0.29) is 17.5 Å². The van der Waals surface area contributed by atoms with E-state index in [9.17, 15) is 4.39 Å². The zero-order chi connectivity index (χ0) is 15.6. The summed E-state index contributed by atoms with van der Waals surface area (Å²) >= 11 is 0. The highest BCUT2D eigenvalue weighted by molar-refractivity contribution is 5.39. The largest absolute Gasteiger partial charge is 0.487 e. The van der Waals surface area contributed by atoms with Crippen molar-refractivity contribution in [2.24, 2.45) is 0 Å². The van der Waals surface area contributed by atoms with E-state index in [1.54, 1.807) is 18.3 Å². The number of hydrogen-bond acceptors (Lipinski definition) is 3. The molecule has 1 aliphatic heterocycles. The molecule has 0 spiro atoms. The van der Waals surface area contributed by atoms with Gasteiger partial charge in [0.15, 0.2) is 0 Å². The Kier molecular flexibility index (Phi) is 4.16. The van der Waals surface area contributed by atoms with E-state index in [0.29, 0.717) is 0 Å². The lowest BCUT2D eigenvalue weighted by Gasteiger charge is -2.38. The Labute approximate surface area is 130 Å². The number of imidazole rings is 1. The van der Waals surface area contributed by atoms with Crippen LogP contribution >= 0.6 is 0 Å². The lowest BCUT2D eigenvalue weighted by molar-refractivity contribution is 0.0657. The van der Waals surface area contributed by atoms with Gasteiger partial charge >= 0.3 is 0 Å². The van der Waals surface area contributed by atoms with Gasteiger partial charge in [0.1, 0.15) is 17.2 Å². The second-order valence-electron chi connectivity index (χ2n) is 6.41. The summed E-state index contributed by atoms with van der Waals surface area (Å²) in [5.41, 5.74) is 0.675. The van der Waals surface area contributed by atoms with Gasteiger partial charge < -0.3 is 14.6 Å². The molecule has 0 saturated heterocycles. The van der Waals surface area contributed by atoms with Crippen molar-refractivity contribution in [1.82, 2.24) is 14.9 Å². The van der Waals surface area contributed by atoms with Crippen LogP contribution in [0.5, 0.6) is 5.75 Å². The molecule has 1 aromatic heterocycles. The van der Waals surface area contributed by atoms with Crippen molar-refractivity contribution in [1.29, 1.82) is 0 Å². The van der Waals surface area contributed by atoms with Gasteiger partial charge in [0.25, 0.3) is 0 Å². The van der Waals surface area contributed by atoms with Crippen LogP contribution in [0.1, 0.15) is 38.3 Å². The molecule has 0 fully saturated rings. The van der Waals surface area contributed by atoms with Gasteiger partial charge in [-0.05, 0) is 45.0 Å². The fourth-order valence-corrected chi connectivity index (χ4v) is 2.96. The predicted octanol–water partition coefficient (Wildman–Crippen LogP) is 3.30. The Morgan fingerprint density at radius 1 is 1.45 bits per heavy atom. The first-order valence-electron chi connectivity index (χ1n) is 7.71. The second-order valence-corrected chi connectivity index (χ2v) is 6.41. The van der Waals surface area contributed by atoms with Crippen LogP contribution in [-0.4, -0.2) is 21.7 Å². The topological polar surface area (TPSA) is 39.1 Å². The van der Waals surface area contributed by atoms with Crippen molar-refractivity contribution in [2.75, 3.05) is 6.54 Å². The molecule has 1 atom stereocenters. The van der Waals surface area contributed by atoms with E-state index in [1.165, 1.54) is 6.07 Å². The van der Waals surface area contributed by atoms with E-state index in [1.807, 2.05) is 12.5 Å². The monoisotopic (exact) mass is 303 g/mol. The van der Waals surface area contributed by atoms with Crippen LogP contribution in [0.2, 0.25) is 0 Å². The first kappa shape index (κ1) is 15.0. The molecule has 118 valence electrons. The lowest BCUT2D eigenvalue weighted by Crippen LogP contribution is -2.39. The molecule has 3 rings (SSSR count). The zero-order valence-electron chi connectivity index (χ0n) is 13.1. The normalized spacial score (nSPS) is 19.5. The van der Waals surface area contributed by atoms with Gasteiger partial charge in [-0.1, -0.05) is 0 Å². The first-order valence-corrected chi connectivity index (χ1v) is 7.71. The highest BCUT2D eigenvalue weighted by atomic mass is 19.1. The highest BCUT2D eigenvalue weighted by Crippen LogP contribution is 2.39. The van der Waals surface area contributed by atoms with Crippen LogP contribution in [0.3, 0.4) is 0 Å². The fourth-order valence-electron chi connectivity index (χ4n) is 2.96. The lowest BCUT2D eigenvalue weighted by atomic mass is 9.89. The van der Waals surface area contributed by atoms with E-state index < -0.39 is 0 Å². The molecule has 0 aliphatic carbocycles. The van der Waals surface area contributed by atoms with Crippen molar-refractivity contribution < 1.29 is 9.13 Å². The predicted molar refractivity (Wildman–Crippen MR) is 83.3 cm³/mol. The van der Waals surface area contributed by atoms with E-state index in [4.69, 9.17) is 4.74 Å². The SMILES string of the molecule is CC1(C)CC(NCCCn2ccnc2)c2cc(F)ccc2O1. The molecule has 22 heavy (non-hydrogen) atoms. The molecule has 0 amide bonds. The molecule has 1 aromatic carbocycles. The molecule has 5 heteroatoms. The van der Waals surface area contributed by atoms with Crippen LogP contribution < -0.4 is 10.1 Å². The van der Waals surface area contributed by atoms with E-state index in [0.717, 1.165) is 37.2 Å². The van der Waals surface area contributed by atoms with Gasteiger partial charge in [-0.15, -0.1) is 0 Å². The quantitative estimate of drug-likeness (QED) is 0.861. The molecule has 1 N–H and O–H groups in total. The summed E-state index contributed by atoms with van der Waals surface area (Å²) in [6.07, 6.45) is 7.39. The minimum absolute atomic E-state index is 0.122. The van der Waals surface area contributed by atoms with E-state index >= 15 is 0 Å². The van der Waals surface area contributed by atoms with Gasteiger partial charge in [-0.2, -0.15) is 0 Å². The molecular formula is C17H22FN3O. The second kappa shape index (κ2) is 6.08. The number of fused-ring (bicyclic) bond motifs is 1. The first-order chi connectivity index (χ1) is 10.5. The number of nitrogens with zero attached hydrogens (tertiary/aromatic N) is 2. The Balaban J connectivity index is 1.63. The molecule has 1 unspecified atom stereocenters. The van der Waals surface area contributed by atoms with Gasteiger partial charge in [0.2, 0.25) is 0 Å². The van der Waals surface area contributed by atoms with Crippen LogP contribution in [0.4, 0.5) is 4.39 Å². The van der Waals surface area contributed by atoms with Crippen molar-refractivity contribution in [2.45, 2.75) is 44.9 Å². The van der Waals surface area contributed by atoms with Gasteiger partial charge in [0.05, 0.1) is 6.33 Å². The number of aryl methyl sites for hydroxylation is 1. The van der Waals surface area contributed by atoms with E-state index in [2.05, 4.69) is 28.7 Å². The zero-order valence-corrected chi connectivity index (χ0v) is 13.1. The molecule has 4 nitrogen and oxygen atoms in total. The summed E-state index contributed by atoms with van der Waals surface area (Å²) in [6, 6.07) is 4.89. The Hall–Kier alpha value is -1.88. The van der Waals surface area contributed by atoms with Gasteiger partial charge in [-0.3, -0.25) is 0 Å². The van der Waals surface area contributed by atoms with Crippen LogP contribution in [0.15, 0.2) is 36.9 Å². The standard InChI is InChI=1S/C17H22FN3O/c1-17(2)11-15(14-10-13(18)4-5-16(14)22-17)20-6-3-8-21-9-7-19-12-21/h4-5,7,9-10,12,15,20H,3,6,8,11H2,1-2H3. The van der Waals surface area contributed by atoms with Gasteiger partial charge in [0, 0.05) is 37.0 Å². The summed E-state index contributed by atoms with van der Waals surface area (Å²) in [4.78, 5) is 4.03. The Morgan fingerprint density at radius 3 is 3.09 bits per heavy atom. The number of hydrogen-bond donors (Lipinski definition) is 1. The molecule has 2 aromatic rings. The summed E-state index contributed by atoms with van der Waals surface area (Å²) in [6.45, 7) is 5.93. The summed E-state index contributed by atoms with van der Waals surface area (Å²) in [5, 5.41) is 3.54. The third-order valence-corrected chi connectivity index (χ3v) is 3.97. The maximum absolute atomic E-state index is 13.5. The molecule has 2 heterocycles. The van der Waals surface area contributed by atoms with Crippen molar-refractivity contribution >= 4 is 0 Å². The summed E-state index contributed by atoms with van der Waals surface area (Å²) < 4.78 is 21.6. The molecule has 0 saturated carbocycles. The fraction of sp³-hybridized carbons (Fsp3) is 0.471. The maximum Gasteiger partial charge on any atom is 0.125 e. The minimum Gasteiger partial charge on any atom is -0.487 e. The Morgan fingerprint density at radius 2 is 2.32 bits per heavy atom. The summed E-state index contributed by atoms with van der Waals surface area (Å²) in [7, 11) is 0. The number of benzene rings is 1. The smallest absolute Gasteiger partial charge is 0.125 e. The molecular weight excluding hydrogens is 281 g/mol. The molecule has 0 bridgehead atoms. The van der Waals surface area contributed by atoms with Crippen LogP contribution in [0, 0.1) is 5.82 Å². The average Bonchev–Trinajstić information content (AvgIpc) is 2.96. The summed E-state index contributed by atoms with van der Waals surface area (Å²) in [5.74, 6) is 0.567. The van der Waals surface area contributed by atoms with Gasteiger partial charge in [-0.25, -0.2) is 9.37 Å². The number of rotatable bonds is 5. The Bertz CT molecular complexity index is 625. The highest BCUT2D eigenvalue weighted by Gasteiger charge is 2.33.